The first-order valence-corrected chi connectivity index (χ1v) is 11.1. The lowest BCUT2D eigenvalue weighted by Crippen LogP contribution is -2.04. The van der Waals surface area contributed by atoms with E-state index in [0.29, 0.717) is 39.1 Å². The van der Waals surface area contributed by atoms with Crippen molar-refractivity contribution in [1.82, 2.24) is 4.98 Å². The number of aromatic nitrogens is 1. The average molecular weight is 464 g/mol. The molecule has 2 N–H and O–H groups in total. The molecule has 35 heavy (non-hydrogen) atoms. The van der Waals surface area contributed by atoms with Crippen molar-refractivity contribution in [3.05, 3.63) is 107 Å². The zero-order valence-corrected chi connectivity index (χ0v) is 18.9. The van der Waals surface area contributed by atoms with Gasteiger partial charge in [-0.05, 0) is 70.6 Å². The number of carboxylic acid groups (broad SMARTS) is 1. The van der Waals surface area contributed by atoms with Crippen LogP contribution in [0.2, 0.25) is 0 Å². The minimum atomic E-state index is -0.920. The lowest BCUT2D eigenvalue weighted by atomic mass is 9.95. The van der Waals surface area contributed by atoms with Crippen LogP contribution in [-0.2, 0) is 16.0 Å². The lowest BCUT2D eigenvalue weighted by molar-refractivity contribution is -0.136. The van der Waals surface area contributed by atoms with Gasteiger partial charge in [-0.2, -0.15) is 0 Å². The maximum atomic E-state index is 15.0. The molecule has 1 aromatic heterocycles. The first kappa shape index (κ1) is 22.2. The molecule has 0 fully saturated rings. The quantitative estimate of drug-likeness (QED) is 0.356. The normalized spacial score (nSPS) is 13.5. The highest BCUT2D eigenvalue weighted by Gasteiger charge is 2.26. The first-order valence-electron chi connectivity index (χ1n) is 11.1. The predicted molar refractivity (Wildman–Crippen MR) is 134 cm³/mol. The van der Waals surface area contributed by atoms with Crippen molar-refractivity contribution in [2.24, 2.45) is 0 Å². The Morgan fingerprint density at radius 2 is 1.63 bits per heavy atom. The molecule has 1 amide bonds. The molecule has 5 nitrogen and oxygen atoms in total. The second-order valence-electron chi connectivity index (χ2n) is 8.46. The Morgan fingerprint density at radius 1 is 0.943 bits per heavy atom. The fraction of sp³-hybridized carbons (Fsp3) is 0.0690. The number of rotatable bonds is 5. The molecule has 2 heterocycles. The van der Waals surface area contributed by atoms with Crippen molar-refractivity contribution in [3.8, 4) is 22.3 Å². The third-order valence-electron chi connectivity index (χ3n) is 6.13. The molecule has 1 aliphatic rings. The molecule has 0 saturated heterocycles. The Bertz CT molecular complexity index is 1490. The van der Waals surface area contributed by atoms with E-state index in [1.165, 1.54) is 6.07 Å². The van der Waals surface area contributed by atoms with Gasteiger partial charge in [0.25, 0.3) is 5.91 Å². The van der Waals surface area contributed by atoms with Gasteiger partial charge in [0.15, 0.2) is 0 Å². The van der Waals surface area contributed by atoms with Crippen LogP contribution >= 0.6 is 0 Å². The fourth-order valence-corrected chi connectivity index (χ4v) is 4.26. The van der Waals surface area contributed by atoms with E-state index >= 15 is 4.39 Å². The number of anilines is 1. The van der Waals surface area contributed by atoms with Crippen LogP contribution in [0.1, 0.15) is 22.3 Å². The van der Waals surface area contributed by atoms with E-state index in [9.17, 15) is 9.59 Å². The Kier molecular flexibility index (Phi) is 5.71. The number of hydrogen-bond donors (Lipinski definition) is 2. The van der Waals surface area contributed by atoms with Crippen LogP contribution in [0.4, 0.5) is 10.1 Å². The van der Waals surface area contributed by atoms with Crippen LogP contribution in [-0.4, -0.2) is 22.0 Å². The van der Waals surface area contributed by atoms with Crippen molar-refractivity contribution in [3.63, 3.8) is 0 Å². The molecule has 0 bridgehead atoms. The second-order valence-corrected chi connectivity index (χ2v) is 8.46. The van der Waals surface area contributed by atoms with Gasteiger partial charge in [-0.25, -0.2) is 4.39 Å². The van der Waals surface area contributed by atoms with Crippen LogP contribution < -0.4 is 5.32 Å². The minimum Gasteiger partial charge on any atom is -0.481 e. The van der Waals surface area contributed by atoms with Crippen molar-refractivity contribution in [1.29, 1.82) is 0 Å². The Balaban J connectivity index is 1.53. The van der Waals surface area contributed by atoms with Crippen molar-refractivity contribution in [2.45, 2.75) is 13.3 Å². The lowest BCUT2D eigenvalue weighted by Gasteiger charge is -2.09. The molecular formula is C29H21FN2O3. The third kappa shape index (κ3) is 4.46. The zero-order chi connectivity index (χ0) is 24.5. The van der Waals surface area contributed by atoms with Crippen molar-refractivity contribution >= 4 is 29.2 Å². The smallest absolute Gasteiger partial charge is 0.307 e. The summed E-state index contributed by atoms with van der Waals surface area (Å²) in [6.07, 6.45) is 5.05. The Hall–Kier alpha value is -4.58. The summed E-state index contributed by atoms with van der Waals surface area (Å²) in [7, 11) is 0. The third-order valence-corrected chi connectivity index (χ3v) is 6.13. The Morgan fingerprint density at radius 3 is 2.34 bits per heavy atom. The van der Waals surface area contributed by atoms with Gasteiger partial charge < -0.3 is 10.4 Å². The largest absolute Gasteiger partial charge is 0.481 e. The standard InChI is InChI=1S/C29H21FN2O3/c1-17-2-3-18(12-22(17)14-28(33)34)13-25-24-15-23(26(30)16-27(24)32-29(25)35)21-6-4-19(5-7-21)20-8-10-31-11-9-20/h2-13,15-16H,14H2,1H3,(H,32,35)(H,33,34). The van der Waals surface area contributed by atoms with Gasteiger partial charge >= 0.3 is 5.97 Å². The molecule has 0 saturated carbocycles. The number of nitrogens with zero attached hydrogens (tertiary/aromatic N) is 1. The number of nitrogens with one attached hydrogen (secondary N) is 1. The highest BCUT2D eigenvalue weighted by molar-refractivity contribution is 6.35. The molecule has 0 unspecified atom stereocenters. The second kappa shape index (κ2) is 8.99. The van der Waals surface area contributed by atoms with E-state index in [4.69, 9.17) is 5.11 Å². The zero-order valence-electron chi connectivity index (χ0n) is 18.9. The summed E-state index contributed by atoms with van der Waals surface area (Å²) in [6.45, 7) is 1.85. The summed E-state index contributed by atoms with van der Waals surface area (Å²) in [5.74, 6) is -1.68. The molecule has 0 atom stereocenters. The van der Waals surface area contributed by atoms with Gasteiger partial charge in [0, 0.05) is 29.1 Å². The summed E-state index contributed by atoms with van der Waals surface area (Å²) < 4.78 is 15.0. The molecule has 0 spiro atoms. The number of halogens is 1. The van der Waals surface area contributed by atoms with Crippen LogP contribution in [0.15, 0.2) is 79.1 Å². The maximum absolute atomic E-state index is 15.0. The summed E-state index contributed by atoms with van der Waals surface area (Å²) in [6, 6.07) is 19.8. The Labute approximate surface area is 201 Å². The summed E-state index contributed by atoms with van der Waals surface area (Å²) >= 11 is 0. The summed E-state index contributed by atoms with van der Waals surface area (Å²) in [5.41, 5.74) is 6.76. The SMILES string of the molecule is Cc1ccc(C=C2C(=O)Nc3cc(F)c(-c4ccc(-c5ccncc5)cc4)cc32)cc1CC(=O)O. The van der Waals surface area contributed by atoms with E-state index in [1.54, 1.807) is 30.6 Å². The highest BCUT2D eigenvalue weighted by Crippen LogP contribution is 2.38. The number of aryl methyl sites for hydroxylation is 1. The maximum Gasteiger partial charge on any atom is 0.307 e. The molecule has 6 heteroatoms. The molecule has 0 aliphatic carbocycles. The molecule has 1 aliphatic heterocycles. The number of carboxylic acids is 1. The number of amides is 1. The molecule has 3 aromatic carbocycles. The van der Waals surface area contributed by atoms with E-state index in [0.717, 1.165) is 16.7 Å². The van der Waals surface area contributed by atoms with Crippen molar-refractivity contribution in [2.75, 3.05) is 5.32 Å². The fourth-order valence-electron chi connectivity index (χ4n) is 4.26. The number of fused-ring (bicyclic) bond motifs is 1. The van der Waals surface area contributed by atoms with Crippen molar-refractivity contribution < 1.29 is 19.1 Å². The number of hydrogen-bond acceptors (Lipinski definition) is 3. The number of carbonyl (C=O) groups is 2. The van der Waals surface area contributed by atoms with Gasteiger partial charge in [-0.1, -0.05) is 42.5 Å². The van der Waals surface area contributed by atoms with Crippen LogP contribution in [0, 0.1) is 12.7 Å². The molecule has 0 radical (unpaired) electrons. The van der Waals surface area contributed by atoms with E-state index in [2.05, 4.69) is 10.3 Å². The van der Waals surface area contributed by atoms with Gasteiger partial charge in [-0.15, -0.1) is 0 Å². The molecule has 172 valence electrons. The van der Waals surface area contributed by atoms with Gasteiger partial charge in [0.1, 0.15) is 5.82 Å². The average Bonchev–Trinajstić information content (AvgIpc) is 3.14. The number of benzene rings is 3. The predicted octanol–water partition coefficient (Wildman–Crippen LogP) is 5.98. The van der Waals surface area contributed by atoms with Crippen LogP contribution in [0.25, 0.3) is 33.9 Å². The van der Waals surface area contributed by atoms with E-state index in [1.807, 2.05) is 55.5 Å². The number of carbonyl (C=O) groups excluding carboxylic acids is 1. The van der Waals surface area contributed by atoms with Gasteiger partial charge in [-0.3, -0.25) is 14.6 Å². The number of aliphatic carboxylic acids is 1. The molecular weight excluding hydrogens is 443 g/mol. The van der Waals surface area contributed by atoms with E-state index < -0.39 is 11.8 Å². The van der Waals surface area contributed by atoms with Crippen LogP contribution in [0.5, 0.6) is 0 Å². The van der Waals surface area contributed by atoms with Gasteiger partial charge in [0.05, 0.1) is 12.1 Å². The minimum absolute atomic E-state index is 0.101. The summed E-state index contributed by atoms with van der Waals surface area (Å²) in [4.78, 5) is 27.9. The first-order chi connectivity index (χ1) is 16.9. The molecule has 4 aromatic rings. The topological polar surface area (TPSA) is 79.3 Å². The molecule has 5 rings (SSSR count). The highest BCUT2D eigenvalue weighted by atomic mass is 19.1. The van der Waals surface area contributed by atoms with Crippen LogP contribution in [0.3, 0.4) is 0 Å². The summed E-state index contributed by atoms with van der Waals surface area (Å²) in [5, 5.41) is 11.9. The number of pyridine rings is 1. The monoisotopic (exact) mass is 464 g/mol. The van der Waals surface area contributed by atoms with E-state index in [-0.39, 0.29) is 12.3 Å². The van der Waals surface area contributed by atoms with Gasteiger partial charge in [0.2, 0.25) is 0 Å².